The summed E-state index contributed by atoms with van der Waals surface area (Å²) in [6.45, 7) is 11.3. The fourth-order valence-electron chi connectivity index (χ4n) is 1.82. The van der Waals surface area contributed by atoms with Crippen molar-refractivity contribution in [2.75, 3.05) is 6.61 Å². The highest BCUT2D eigenvalue weighted by Gasteiger charge is 2.13. The van der Waals surface area contributed by atoms with Crippen LogP contribution in [-0.4, -0.2) is 34.2 Å². The molecule has 0 aromatic carbocycles. The molecule has 0 aliphatic rings. The van der Waals surface area contributed by atoms with E-state index in [0.29, 0.717) is 6.73 Å². The lowest BCUT2D eigenvalue weighted by Gasteiger charge is -2.15. The molecule has 0 radical (unpaired) electrons. The van der Waals surface area contributed by atoms with Crippen molar-refractivity contribution in [2.45, 2.75) is 45.9 Å². The zero-order chi connectivity index (χ0) is 15.5. The van der Waals surface area contributed by atoms with Crippen LogP contribution in [0.3, 0.4) is 0 Å². The quantitative estimate of drug-likeness (QED) is 0.549. The molecule has 2 aromatic heterocycles. The molecule has 0 saturated heterocycles. The minimum Gasteiger partial charge on any atom is -0.359 e. The van der Waals surface area contributed by atoms with Crippen LogP contribution in [0.25, 0.3) is 11.3 Å². The van der Waals surface area contributed by atoms with Gasteiger partial charge in [-0.3, -0.25) is 4.68 Å². The van der Waals surface area contributed by atoms with Crippen LogP contribution in [0.15, 0.2) is 23.1 Å². The van der Waals surface area contributed by atoms with E-state index in [1.807, 2.05) is 27.8 Å². The van der Waals surface area contributed by atoms with Gasteiger partial charge in [0.1, 0.15) is 11.3 Å². The molecule has 0 N–H and O–H groups in total. The molecule has 0 atom stereocenters. The van der Waals surface area contributed by atoms with Crippen LogP contribution >= 0.6 is 15.9 Å². The molecule has 0 amide bonds. The fraction of sp³-hybridized carbons (Fsp3) is 0.571. The second-order valence-corrected chi connectivity index (χ2v) is 12.7. The minimum absolute atomic E-state index is 0.479. The van der Waals surface area contributed by atoms with E-state index in [2.05, 4.69) is 52.7 Å². The topological polar surface area (TPSA) is 44.9 Å². The monoisotopic (exact) mass is 370 g/mol. The van der Waals surface area contributed by atoms with Crippen LogP contribution in [-0.2, 0) is 18.0 Å². The summed E-state index contributed by atoms with van der Waals surface area (Å²) in [4.78, 5) is 0. The van der Waals surface area contributed by atoms with Crippen molar-refractivity contribution < 1.29 is 4.74 Å². The standard InChI is InChI=1S/C14H23BrN4OSi/c1-5-18-10-12(9-16-18)13-8-14(15)19(17-13)11-20-6-7-21(2,3)4/h8-10H,5-7,11H2,1-4H3. The Bertz CT molecular complexity index is 588. The summed E-state index contributed by atoms with van der Waals surface area (Å²) in [5.41, 5.74) is 1.94. The zero-order valence-electron chi connectivity index (χ0n) is 13.1. The lowest BCUT2D eigenvalue weighted by Crippen LogP contribution is -2.22. The maximum Gasteiger partial charge on any atom is 0.140 e. The number of rotatable bonds is 7. The van der Waals surface area contributed by atoms with Crippen LogP contribution in [0.5, 0.6) is 0 Å². The lowest BCUT2D eigenvalue weighted by molar-refractivity contribution is 0.0771. The fourth-order valence-corrected chi connectivity index (χ4v) is 2.98. The van der Waals surface area contributed by atoms with Crippen molar-refractivity contribution in [2.24, 2.45) is 0 Å². The SMILES string of the molecule is CCn1cc(-c2cc(Br)n(COCC[Si](C)(C)C)n2)cn1. The predicted molar refractivity (Wildman–Crippen MR) is 90.9 cm³/mol. The highest BCUT2D eigenvalue weighted by molar-refractivity contribution is 9.10. The van der Waals surface area contributed by atoms with E-state index < -0.39 is 8.07 Å². The summed E-state index contributed by atoms with van der Waals surface area (Å²) in [5, 5.41) is 8.84. The lowest BCUT2D eigenvalue weighted by atomic mass is 10.3. The van der Waals surface area contributed by atoms with Crippen LogP contribution in [0.4, 0.5) is 0 Å². The highest BCUT2D eigenvalue weighted by atomic mass is 79.9. The first kappa shape index (κ1) is 16.4. The van der Waals surface area contributed by atoms with Crippen LogP contribution < -0.4 is 0 Å². The van der Waals surface area contributed by atoms with Gasteiger partial charge in [0.25, 0.3) is 0 Å². The van der Waals surface area contributed by atoms with Crippen LogP contribution in [0, 0.1) is 0 Å². The van der Waals surface area contributed by atoms with Gasteiger partial charge in [-0.15, -0.1) is 0 Å². The first-order valence-corrected chi connectivity index (χ1v) is 11.7. The number of nitrogens with zero attached hydrogens (tertiary/aromatic N) is 4. The van der Waals surface area contributed by atoms with Crippen LogP contribution in [0.1, 0.15) is 6.92 Å². The molecule has 0 saturated carbocycles. The first-order valence-electron chi connectivity index (χ1n) is 7.23. The third kappa shape index (κ3) is 4.79. The van der Waals surface area contributed by atoms with Gasteiger partial charge in [-0.25, -0.2) is 4.68 Å². The Morgan fingerprint density at radius 1 is 1.33 bits per heavy atom. The van der Waals surface area contributed by atoms with Gasteiger partial charge in [0, 0.05) is 33.0 Å². The molecular formula is C14H23BrN4OSi. The van der Waals surface area contributed by atoms with Crippen molar-refractivity contribution >= 4 is 24.0 Å². The van der Waals surface area contributed by atoms with E-state index in [9.17, 15) is 0 Å². The zero-order valence-corrected chi connectivity index (χ0v) is 15.7. The molecule has 2 rings (SSSR count). The smallest absolute Gasteiger partial charge is 0.140 e. The Kier molecular flexibility index (Phi) is 5.40. The molecule has 0 aliphatic carbocycles. The predicted octanol–water partition coefficient (Wildman–Crippen LogP) is 3.84. The third-order valence-corrected chi connectivity index (χ3v) is 5.54. The van der Waals surface area contributed by atoms with Gasteiger partial charge >= 0.3 is 0 Å². The summed E-state index contributed by atoms with van der Waals surface area (Å²) in [6, 6.07) is 3.17. The Morgan fingerprint density at radius 2 is 2.10 bits per heavy atom. The molecule has 7 heteroatoms. The highest BCUT2D eigenvalue weighted by Crippen LogP contribution is 2.22. The van der Waals surface area contributed by atoms with Crippen LogP contribution in [0.2, 0.25) is 25.7 Å². The van der Waals surface area contributed by atoms with Crippen molar-refractivity contribution in [3.8, 4) is 11.3 Å². The van der Waals surface area contributed by atoms with Crippen molar-refractivity contribution in [3.05, 3.63) is 23.1 Å². The van der Waals surface area contributed by atoms with Gasteiger partial charge in [0.05, 0.1) is 11.9 Å². The maximum absolute atomic E-state index is 5.74. The van der Waals surface area contributed by atoms with Gasteiger partial charge < -0.3 is 4.74 Å². The number of aromatic nitrogens is 4. The average Bonchev–Trinajstić information content (AvgIpc) is 3.00. The summed E-state index contributed by atoms with van der Waals surface area (Å²) >= 11 is 3.53. The van der Waals surface area contributed by atoms with E-state index in [1.54, 1.807) is 0 Å². The van der Waals surface area contributed by atoms with Gasteiger partial charge in [-0.1, -0.05) is 19.6 Å². The Morgan fingerprint density at radius 3 is 2.71 bits per heavy atom. The van der Waals surface area contributed by atoms with Crippen molar-refractivity contribution in [1.82, 2.24) is 19.6 Å². The summed E-state index contributed by atoms with van der Waals surface area (Å²) in [7, 11) is -1.04. The molecule has 116 valence electrons. The molecule has 0 unspecified atom stereocenters. The van der Waals surface area contributed by atoms with E-state index in [0.717, 1.165) is 29.0 Å². The van der Waals surface area contributed by atoms with Gasteiger partial charge in [0.2, 0.25) is 0 Å². The molecule has 2 aromatic rings. The average molecular weight is 371 g/mol. The van der Waals surface area contributed by atoms with Gasteiger partial charge in [-0.2, -0.15) is 10.2 Å². The second-order valence-electron chi connectivity index (χ2n) is 6.28. The van der Waals surface area contributed by atoms with E-state index in [1.165, 1.54) is 6.04 Å². The normalized spacial score (nSPS) is 12.0. The minimum atomic E-state index is -1.04. The Hall–Kier alpha value is -0.923. The molecule has 5 nitrogen and oxygen atoms in total. The molecule has 0 bridgehead atoms. The molecule has 0 fully saturated rings. The summed E-state index contributed by atoms with van der Waals surface area (Å²) in [5.74, 6) is 0. The largest absolute Gasteiger partial charge is 0.359 e. The molecule has 0 aliphatic heterocycles. The van der Waals surface area contributed by atoms with Crippen molar-refractivity contribution in [1.29, 1.82) is 0 Å². The van der Waals surface area contributed by atoms with E-state index >= 15 is 0 Å². The van der Waals surface area contributed by atoms with Crippen molar-refractivity contribution in [3.63, 3.8) is 0 Å². The number of ether oxygens (including phenoxy) is 1. The molecule has 2 heterocycles. The summed E-state index contributed by atoms with van der Waals surface area (Å²) < 4.78 is 10.4. The molecule has 21 heavy (non-hydrogen) atoms. The maximum atomic E-state index is 5.74. The van der Waals surface area contributed by atoms with E-state index in [4.69, 9.17) is 4.74 Å². The second kappa shape index (κ2) is 6.89. The summed E-state index contributed by atoms with van der Waals surface area (Å²) in [6.07, 6.45) is 3.85. The third-order valence-electron chi connectivity index (χ3n) is 3.19. The number of aryl methyl sites for hydroxylation is 1. The number of halogens is 1. The molecule has 0 spiro atoms. The van der Waals surface area contributed by atoms with E-state index in [-0.39, 0.29) is 0 Å². The number of hydrogen-bond acceptors (Lipinski definition) is 3. The Labute approximate surface area is 135 Å². The number of hydrogen-bond donors (Lipinski definition) is 0. The first-order chi connectivity index (χ1) is 9.89. The Balaban J connectivity index is 1.96. The van der Waals surface area contributed by atoms with Gasteiger partial charge in [0.15, 0.2) is 0 Å². The van der Waals surface area contributed by atoms with Gasteiger partial charge in [-0.05, 0) is 35.0 Å². The molecular weight excluding hydrogens is 348 g/mol.